The number of hydrogen-bond donors (Lipinski definition) is 2. The predicted octanol–water partition coefficient (Wildman–Crippen LogP) is 7.18. The Hall–Kier alpha value is -3.83. The van der Waals surface area contributed by atoms with Crippen LogP contribution in [-0.4, -0.2) is 79.4 Å². The molecule has 2 aliphatic heterocycles. The number of anilines is 1. The number of likely N-dealkylation sites (tertiary alicyclic amines) is 1. The second-order valence-electron chi connectivity index (χ2n) is 15.7. The van der Waals surface area contributed by atoms with Gasteiger partial charge in [-0.3, -0.25) is 19.2 Å². The van der Waals surface area contributed by atoms with Crippen molar-refractivity contribution in [2.24, 2.45) is 0 Å². The van der Waals surface area contributed by atoms with Gasteiger partial charge in [-0.25, -0.2) is 0 Å². The van der Waals surface area contributed by atoms with Gasteiger partial charge in [0.2, 0.25) is 17.7 Å². The van der Waals surface area contributed by atoms with Crippen LogP contribution in [0.2, 0.25) is 23.2 Å². The van der Waals surface area contributed by atoms with Crippen LogP contribution in [0.4, 0.5) is 5.69 Å². The van der Waals surface area contributed by atoms with E-state index in [0.717, 1.165) is 23.2 Å². The predicted molar refractivity (Wildman–Crippen MR) is 209 cm³/mol. The molecule has 278 valence electrons. The van der Waals surface area contributed by atoms with Crippen molar-refractivity contribution in [2.45, 2.75) is 96.1 Å². The summed E-state index contributed by atoms with van der Waals surface area (Å²) < 4.78 is 6.44. The third-order valence-corrected chi connectivity index (χ3v) is 16.1. The molecule has 0 saturated carbocycles. The summed E-state index contributed by atoms with van der Waals surface area (Å²) in [6, 6.07) is 21.2. The summed E-state index contributed by atoms with van der Waals surface area (Å²) in [6.07, 6.45) is 1.11. The molecule has 2 heterocycles. The first-order chi connectivity index (χ1) is 24.6. The van der Waals surface area contributed by atoms with Gasteiger partial charge in [-0.15, -0.1) is 0 Å². The number of hydrogen-bond acceptors (Lipinski definition) is 6. The average molecular weight is 745 g/mol. The van der Waals surface area contributed by atoms with Crippen LogP contribution in [0.25, 0.3) is 0 Å². The zero-order valence-corrected chi connectivity index (χ0v) is 33.1. The van der Waals surface area contributed by atoms with Gasteiger partial charge in [0.1, 0.15) is 11.6 Å². The molecule has 52 heavy (non-hydrogen) atoms. The van der Waals surface area contributed by atoms with Crippen LogP contribution in [0.3, 0.4) is 0 Å². The maximum atomic E-state index is 14.5. The quantitative estimate of drug-likeness (QED) is 0.150. The van der Waals surface area contributed by atoms with Crippen LogP contribution >= 0.6 is 11.6 Å². The van der Waals surface area contributed by atoms with E-state index in [1.165, 1.54) is 0 Å². The maximum absolute atomic E-state index is 14.5. The summed E-state index contributed by atoms with van der Waals surface area (Å²) in [5, 5.41) is 6.95. The summed E-state index contributed by atoms with van der Waals surface area (Å²) in [6.45, 7) is 15.8. The minimum atomic E-state index is -1.91. The molecule has 0 radical (unpaired) electrons. The van der Waals surface area contributed by atoms with Crippen LogP contribution < -0.4 is 10.6 Å². The number of nitrogens with zero attached hydrogens (tertiary/aromatic N) is 2. The number of amides is 3. The molecule has 2 aliphatic rings. The van der Waals surface area contributed by atoms with Crippen molar-refractivity contribution >= 4 is 49.1 Å². The fourth-order valence-corrected chi connectivity index (χ4v) is 7.81. The molecule has 1 fully saturated rings. The number of piperidine rings is 1. The minimum absolute atomic E-state index is 0.0207. The molecule has 0 aliphatic carbocycles. The Bertz CT molecular complexity index is 1770. The smallest absolute Gasteiger partial charge is 0.250 e. The van der Waals surface area contributed by atoms with Gasteiger partial charge in [0, 0.05) is 68.3 Å². The van der Waals surface area contributed by atoms with Gasteiger partial charge in [-0.1, -0.05) is 87.0 Å². The highest BCUT2D eigenvalue weighted by Crippen LogP contribution is 2.36. The van der Waals surface area contributed by atoms with E-state index in [1.54, 1.807) is 41.3 Å². The second-order valence-corrected chi connectivity index (χ2v) is 21.0. The highest BCUT2D eigenvalue weighted by molar-refractivity contribution is 6.74. The SMILES string of the molecule is Cc1cc(NC(=O)C2(NC(=O)[C@@H]3Cc4ccccc4CN3C(=O)CCC(=O)c3ccccc3)CCN(CCO[Si](C)(C)C(C)(C)C)CC2)ccc1Cl. The third-order valence-electron chi connectivity index (χ3n) is 11.1. The van der Waals surface area contributed by atoms with Crippen molar-refractivity contribution in [1.29, 1.82) is 0 Å². The van der Waals surface area contributed by atoms with Crippen molar-refractivity contribution in [3.63, 3.8) is 0 Å². The molecule has 9 nitrogen and oxygen atoms in total. The molecule has 5 rings (SSSR count). The molecule has 1 atom stereocenters. The molecule has 1 saturated heterocycles. The summed E-state index contributed by atoms with van der Waals surface area (Å²) in [5.74, 6) is -1.08. The number of benzene rings is 3. The number of carbonyl (C=O) groups excluding carboxylic acids is 4. The summed E-state index contributed by atoms with van der Waals surface area (Å²) in [4.78, 5) is 59.3. The third kappa shape index (κ3) is 9.39. The Morgan fingerprint density at radius 3 is 2.23 bits per heavy atom. The van der Waals surface area contributed by atoms with E-state index in [-0.39, 0.29) is 47.9 Å². The van der Waals surface area contributed by atoms with Crippen LogP contribution in [0.15, 0.2) is 72.8 Å². The maximum Gasteiger partial charge on any atom is 0.250 e. The van der Waals surface area contributed by atoms with Gasteiger partial charge in [-0.05, 0) is 72.8 Å². The second kappa shape index (κ2) is 16.5. The van der Waals surface area contributed by atoms with Gasteiger partial charge in [0.25, 0.3) is 0 Å². The number of ketones is 1. The first kappa shape index (κ1) is 39.4. The summed E-state index contributed by atoms with van der Waals surface area (Å²) >= 11 is 6.27. The molecular formula is C41H53ClN4O5Si. The largest absolute Gasteiger partial charge is 0.416 e. The molecule has 3 aromatic rings. The van der Waals surface area contributed by atoms with Gasteiger partial charge < -0.3 is 24.9 Å². The van der Waals surface area contributed by atoms with E-state index in [9.17, 15) is 19.2 Å². The topological polar surface area (TPSA) is 108 Å². The first-order valence-electron chi connectivity index (χ1n) is 18.3. The molecule has 0 spiro atoms. The van der Waals surface area contributed by atoms with E-state index < -0.39 is 19.9 Å². The number of fused-ring (bicyclic) bond motifs is 1. The van der Waals surface area contributed by atoms with Crippen LogP contribution in [-0.2, 0) is 31.8 Å². The van der Waals surface area contributed by atoms with E-state index in [4.69, 9.17) is 16.0 Å². The Kier molecular flexibility index (Phi) is 12.5. The van der Waals surface area contributed by atoms with Crippen molar-refractivity contribution in [2.75, 3.05) is 31.6 Å². The number of Topliss-reactive ketones (excluding diaryl/α,β-unsaturated/α-hetero) is 1. The Morgan fingerprint density at radius 1 is 0.923 bits per heavy atom. The van der Waals surface area contributed by atoms with E-state index in [1.807, 2.05) is 43.3 Å². The van der Waals surface area contributed by atoms with Crippen molar-refractivity contribution < 1.29 is 23.6 Å². The van der Waals surface area contributed by atoms with Gasteiger partial charge in [-0.2, -0.15) is 0 Å². The zero-order valence-electron chi connectivity index (χ0n) is 31.4. The lowest BCUT2D eigenvalue weighted by Gasteiger charge is -2.44. The van der Waals surface area contributed by atoms with Gasteiger partial charge >= 0.3 is 0 Å². The zero-order chi connectivity index (χ0) is 37.7. The van der Waals surface area contributed by atoms with E-state index in [0.29, 0.717) is 55.2 Å². The summed E-state index contributed by atoms with van der Waals surface area (Å²) in [5.41, 5.74) is 2.71. The van der Waals surface area contributed by atoms with Gasteiger partial charge in [0.15, 0.2) is 14.1 Å². The standard InChI is InChI=1S/C41H53ClN4O5Si/c1-29-26-33(16-17-34(29)42)43-39(50)41(20-22-45(23-21-41)24-25-51-52(5,6)40(2,3)4)44-38(49)35-27-31-14-10-11-15-32(31)28-46(35)37(48)19-18-36(47)30-12-8-7-9-13-30/h7-17,26,35H,18-25,27-28H2,1-6H3,(H,43,50)(H,44,49)/t35-/m0/s1. The normalized spacial score (nSPS) is 17.6. The van der Waals surface area contributed by atoms with Crippen LogP contribution in [0.5, 0.6) is 0 Å². The lowest BCUT2D eigenvalue weighted by molar-refractivity contribution is -0.144. The Morgan fingerprint density at radius 2 is 1.58 bits per heavy atom. The lowest BCUT2D eigenvalue weighted by Crippen LogP contribution is -2.65. The van der Waals surface area contributed by atoms with E-state index in [2.05, 4.69) is 49.4 Å². The fourth-order valence-electron chi connectivity index (χ4n) is 6.66. The van der Waals surface area contributed by atoms with Crippen molar-refractivity contribution in [3.05, 3.63) is 100 Å². The highest BCUT2D eigenvalue weighted by Gasteiger charge is 2.46. The average Bonchev–Trinajstić information content (AvgIpc) is 3.12. The Labute approximate surface area is 314 Å². The van der Waals surface area contributed by atoms with Gasteiger partial charge in [0.05, 0.1) is 0 Å². The number of nitrogens with one attached hydrogen (secondary N) is 2. The van der Waals surface area contributed by atoms with Crippen LogP contribution in [0, 0.1) is 6.92 Å². The lowest BCUT2D eigenvalue weighted by atomic mass is 9.85. The van der Waals surface area contributed by atoms with Crippen molar-refractivity contribution in [3.8, 4) is 0 Å². The molecule has 2 N–H and O–H groups in total. The molecule has 0 aromatic heterocycles. The van der Waals surface area contributed by atoms with E-state index >= 15 is 0 Å². The number of aryl methyl sites for hydroxylation is 1. The summed E-state index contributed by atoms with van der Waals surface area (Å²) in [7, 11) is -1.91. The molecular weight excluding hydrogens is 692 g/mol. The fraction of sp³-hybridized carbons (Fsp3) is 0.463. The number of carbonyl (C=O) groups is 4. The molecule has 3 amide bonds. The molecule has 11 heteroatoms. The molecule has 0 bridgehead atoms. The molecule has 3 aromatic carbocycles. The van der Waals surface area contributed by atoms with Crippen molar-refractivity contribution in [1.82, 2.24) is 15.1 Å². The number of halogens is 1. The number of rotatable bonds is 12. The monoisotopic (exact) mass is 744 g/mol. The minimum Gasteiger partial charge on any atom is -0.416 e. The molecule has 0 unspecified atom stereocenters. The highest BCUT2D eigenvalue weighted by atomic mass is 35.5. The van der Waals surface area contributed by atoms with Crippen LogP contribution in [0.1, 0.15) is 73.5 Å². The first-order valence-corrected chi connectivity index (χ1v) is 21.6. The Balaban J connectivity index is 1.34.